The van der Waals surface area contributed by atoms with E-state index in [0.29, 0.717) is 17.2 Å². The highest BCUT2D eigenvalue weighted by atomic mass is 32.1. The lowest BCUT2D eigenvalue weighted by atomic mass is 10.2. The van der Waals surface area contributed by atoms with Crippen LogP contribution in [0.2, 0.25) is 0 Å². The van der Waals surface area contributed by atoms with Crippen LogP contribution in [-0.4, -0.2) is 24.1 Å². The van der Waals surface area contributed by atoms with Gasteiger partial charge in [-0.25, -0.2) is 4.79 Å². The molecule has 2 aromatic rings. The summed E-state index contributed by atoms with van der Waals surface area (Å²) in [6, 6.07) is 3.56. The van der Waals surface area contributed by atoms with Crippen LogP contribution in [-0.2, 0) is 11.3 Å². The van der Waals surface area contributed by atoms with Gasteiger partial charge in [0.05, 0.1) is 13.7 Å². The molecule has 5 nitrogen and oxygen atoms in total. The summed E-state index contributed by atoms with van der Waals surface area (Å²) in [5.74, 6) is -0.655. The average Bonchev–Trinajstić information content (AvgIpc) is 3.10. The molecule has 1 amide bonds. The molecule has 0 unspecified atom stereocenters. The molecule has 0 fully saturated rings. The van der Waals surface area contributed by atoms with Gasteiger partial charge in [-0.05, 0) is 34.5 Å². The van der Waals surface area contributed by atoms with Crippen LogP contribution in [0.25, 0.3) is 6.08 Å². The van der Waals surface area contributed by atoms with E-state index in [1.165, 1.54) is 35.9 Å². The Morgan fingerprint density at radius 3 is 2.81 bits per heavy atom. The molecule has 0 atom stereocenters. The van der Waals surface area contributed by atoms with Crippen molar-refractivity contribution in [3.63, 3.8) is 0 Å². The molecule has 7 heteroatoms. The quantitative estimate of drug-likeness (QED) is 0.802. The van der Waals surface area contributed by atoms with Crippen LogP contribution in [0, 0.1) is 0 Å². The number of methoxy groups -OCH3 is 1. The van der Waals surface area contributed by atoms with Gasteiger partial charge in [-0.2, -0.15) is 0 Å². The van der Waals surface area contributed by atoms with Gasteiger partial charge in [-0.3, -0.25) is 4.79 Å². The lowest BCUT2D eigenvalue weighted by Gasteiger charge is -2.05. The van der Waals surface area contributed by atoms with E-state index < -0.39 is 5.97 Å². The molecule has 0 aromatic carbocycles. The first-order valence-corrected chi connectivity index (χ1v) is 7.74. The Balaban J connectivity index is 2.02. The highest BCUT2D eigenvalue weighted by Gasteiger charge is 2.14. The first-order chi connectivity index (χ1) is 10.1. The summed E-state index contributed by atoms with van der Waals surface area (Å²) in [6.45, 7) is 0.344. The summed E-state index contributed by atoms with van der Waals surface area (Å²) in [7, 11) is 1.52. The normalized spacial score (nSPS) is 10.7. The molecule has 0 aliphatic heterocycles. The van der Waals surface area contributed by atoms with Crippen molar-refractivity contribution in [1.82, 2.24) is 5.32 Å². The topological polar surface area (TPSA) is 75.6 Å². The number of hydrogen-bond donors (Lipinski definition) is 2. The maximum Gasteiger partial charge on any atom is 0.328 e. The maximum atomic E-state index is 12.1. The standard InChI is InChI=1S/C14H13NO4S2/c1-19-10-5-7-21-13(10)14(18)15-8-11-9(4-6-20-11)2-3-12(16)17/h2-7H,8H2,1H3,(H,15,18)(H,16,17)/b3-2+. The van der Waals surface area contributed by atoms with E-state index in [2.05, 4.69) is 5.32 Å². The molecule has 2 rings (SSSR count). The molecule has 0 saturated carbocycles. The number of thiophene rings is 2. The van der Waals surface area contributed by atoms with Gasteiger partial charge in [-0.15, -0.1) is 22.7 Å². The molecule has 0 spiro atoms. The lowest BCUT2D eigenvalue weighted by molar-refractivity contribution is -0.131. The van der Waals surface area contributed by atoms with Gasteiger partial charge in [0.25, 0.3) is 5.91 Å². The predicted molar refractivity (Wildman–Crippen MR) is 83.0 cm³/mol. The SMILES string of the molecule is COc1ccsc1C(=O)NCc1sccc1/C=C/C(=O)O. The number of carbonyl (C=O) groups is 2. The summed E-state index contributed by atoms with van der Waals surface area (Å²) >= 11 is 2.78. The largest absolute Gasteiger partial charge is 0.495 e. The number of nitrogens with one attached hydrogen (secondary N) is 1. The average molecular weight is 323 g/mol. The van der Waals surface area contributed by atoms with E-state index in [-0.39, 0.29) is 5.91 Å². The maximum absolute atomic E-state index is 12.1. The minimum Gasteiger partial charge on any atom is -0.495 e. The molecule has 0 aliphatic rings. The number of carboxylic acid groups (broad SMARTS) is 1. The predicted octanol–water partition coefficient (Wildman–Crippen LogP) is 2.85. The fourth-order valence-corrected chi connectivity index (χ4v) is 3.25. The number of amides is 1. The minimum absolute atomic E-state index is 0.205. The zero-order valence-electron chi connectivity index (χ0n) is 11.2. The molecule has 2 N–H and O–H groups in total. The Morgan fingerprint density at radius 2 is 2.10 bits per heavy atom. The molecule has 110 valence electrons. The Hall–Kier alpha value is -2.12. The highest BCUT2D eigenvalue weighted by molar-refractivity contribution is 7.12. The van der Waals surface area contributed by atoms with Gasteiger partial charge in [0.2, 0.25) is 0 Å². The van der Waals surface area contributed by atoms with Gasteiger partial charge in [0, 0.05) is 11.0 Å². The molecule has 0 aliphatic carbocycles. The summed E-state index contributed by atoms with van der Waals surface area (Å²) in [4.78, 5) is 24.0. The van der Waals surface area contributed by atoms with E-state index in [1.54, 1.807) is 11.4 Å². The number of ether oxygens (including phenoxy) is 1. The van der Waals surface area contributed by atoms with E-state index in [1.807, 2.05) is 11.4 Å². The van der Waals surface area contributed by atoms with Crippen molar-refractivity contribution < 1.29 is 19.4 Å². The Bertz CT molecular complexity index is 672. The number of carboxylic acids is 1. The van der Waals surface area contributed by atoms with Gasteiger partial charge in [-0.1, -0.05) is 0 Å². The van der Waals surface area contributed by atoms with E-state index >= 15 is 0 Å². The zero-order chi connectivity index (χ0) is 15.2. The van der Waals surface area contributed by atoms with Crippen LogP contribution in [0.4, 0.5) is 0 Å². The summed E-state index contributed by atoms with van der Waals surface area (Å²) in [5, 5.41) is 15.1. The number of rotatable bonds is 6. The lowest BCUT2D eigenvalue weighted by Crippen LogP contribution is -2.22. The fraction of sp³-hybridized carbons (Fsp3) is 0.143. The van der Waals surface area contributed by atoms with E-state index in [4.69, 9.17) is 9.84 Å². The van der Waals surface area contributed by atoms with Gasteiger partial charge in [0.1, 0.15) is 10.6 Å². The molecular weight excluding hydrogens is 310 g/mol. The molecule has 0 radical (unpaired) electrons. The van der Waals surface area contributed by atoms with Crippen LogP contribution in [0.5, 0.6) is 5.75 Å². The molecule has 0 saturated heterocycles. The van der Waals surface area contributed by atoms with Gasteiger partial charge in [0.15, 0.2) is 0 Å². The molecule has 21 heavy (non-hydrogen) atoms. The van der Waals surface area contributed by atoms with Crippen molar-refractivity contribution >= 4 is 40.6 Å². The third-order valence-corrected chi connectivity index (χ3v) is 4.48. The van der Waals surface area contributed by atoms with Crippen molar-refractivity contribution in [3.8, 4) is 5.75 Å². The van der Waals surface area contributed by atoms with Crippen molar-refractivity contribution in [3.05, 3.63) is 44.3 Å². The van der Waals surface area contributed by atoms with Crippen molar-refractivity contribution in [2.75, 3.05) is 7.11 Å². The summed E-state index contributed by atoms with van der Waals surface area (Å²) in [6.07, 6.45) is 2.60. The number of aliphatic carboxylic acids is 1. The number of hydrogen-bond acceptors (Lipinski definition) is 5. The third-order valence-electron chi connectivity index (χ3n) is 2.65. The summed E-state index contributed by atoms with van der Waals surface area (Å²) < 4.78 is 5.11. The Kier molecular flexibility index (Phi) is 5.13. The van der Waals surface area contributed by atoms with Crippen LogP contribution in [0.1, 0.15) is 20.1 Å². The first kappa shape index (κ1) is 15.3. The van der Waals surface area contributed by atoms with Crippen LogP contribution >= 0.6 is 22.7 Å². The molecule has 2 aromatic heterocycles. The van der Waals surface area contributed by atoms with E-state index in [0.717, 1.165) is 16.5 Å². The second kappa shape index (κ2) is 7.05. The Morgan fingerprint density at radius 1 is 1.33 bits per heavy atom. The van der Waals surface area contributed by atoms with Crippen molar-refractivity contribution in [1.29, 1.82) is 0 Å². The highest BCUT2D eigenvalue weighted by Crippen LogP contribution is 2.24. The Labute approximate surface area is 129 Å². The van der Waals surface area contributed by atoms with Gasteiger partial charge >= 0.3 is 5.97 Å². The van der Waals surface area contributed by atoms with Crippen LogP contribution < -0.4 is 10.1 Å². The third kappa shape index (κ3) is 3.93. The van der Waals surface area contributed by atoms with E-state index in [9.17, 15) is 9.59 Å². The molecular formula is C14H13NO4S2. The van der Waals surface area contributed by atoms with Crippen molar-refractivity contribution in [2.45, 2.75) is 6.54 Å². The van der Waals surface area contributed by atoms with Crippen LogP contribution in [0.15, 0.2) is 29.0 Å². The smallest absolute Gasteiger partial charge is 0.328 e. The van der Waals surface area contributed by atoms with Crippen LogP contribution in [0.3, 0.4) is 0 Å². The molecule has 0 bridgehead atoms. The van der Waals surface area contributed by atoms with Gasteiger partial charge < -0.3 is 15.2 Å². The minimum atomic E-state index is -1.00. The molecule has 2 heterocycles. The van der Waals surface area contributed by atoms with Crippen molar-refractivity contribution in [2.24, 2.45) is 0 Å². The zero-order valence-corrected chi connectivity index (χ0v) is 12.8. The second-order valence-electron chi connectivity index (χ2n) is 3.97. The second-order valence-corrected chi connectivity index (χ2v) is 5.89. The first-order valence-electron chi connectivity index (χ1n) is 5.99. The summed E-state index contributed by atoms with van der Waals surface area (Å²) in [5.41, 5.74) is 0.792. The fourth-order valence-electron chi connectivity index (χ4n) is 1.67. The monoisotopic (exact) mass is 323 g/mol. The number of carbonyl (C=O) groups excluding carboxylic acids is 1.